The lowest BCUT2D eigenvalue weighted by atomic mass is 10.1. The van der Waals surface area contributed by atoms with Gasteiger partial charge in [-0.2, -0.15) is 0 Å². The number of rotatable bonds is 4. The van der Waals surface area contributed by atoms with Crippen LogP contribution in [0.1, 0.15) is 18.1 Å². The van der Waals surface area contributed by atoms with Crippen LogP contribution in [0.5, 0.6) is 0 Å². The van der Waals surface area contributed by atoms with Gasteiger partial charge in [0.25, 0.3) is 0 Å². The number of benzene rings is 1. The molecule has 1 heteroatoms. The first-order valence-electron chi connectivity index (χ1n) is 4.80. The summed E-state index contributed by atoms with van der Waals surface area (Å²) >= 11 is 1.85. The van der Waals surface area contributed by atoms with E-state index in [4.69, 9.17) is 0 Å². The molecule has 0 saturated heterocycles. The molecular formula is C13H16S. The van der Waals surface area contributed by atoms with Crippen LogP contribution in [0.3, 0.4) is 0 Å². The summed E-state index contributed by atoms with van der Waals surface area (Å²) in [7, 11) is 0. The van der Waals surface area contributed by atoms with E-state index in [1.165, 1.54) is 16.0 Å². The monoisotopic (exact) mass is 204 g/mol. The Kier molecular flexibility index (Phi) is 4.54. The van der Waals surface area contributed by atoms with Gasteiger partial charge in [0.1, 0.15) is 0 Å². The van der Waals surface area contributed by atoms with Gasteiger partial charge in [0.2, 0.25) is 0 Å². The largest absolute Gasteiger partial charge is 0.126 e. The van der Waals surface area contributed by atoms with Gasteiger partial charge in [-0.1, -0.05) is 49.4 Å². The fraction of sp³-hybridized carbons (Fsp3) is 0.231. The van der Waals surface area contributed by atoms with E-state index in [9.17, 15) is 0 Å². The normalized spacial score (nSPS) is 11.4. The second-order valence-corrected chi connectivity index (χ2v) is 4.37. The van der Waals surface area contributed by atoms with Gasteiger partial charge in [-0.25, -0.2) is 0 Å². The van der Waals surface area contributed by atoms with Gasteiger partial charge < -0.3 is 0 Å². The zero-order valence-corrected chi connectivity index (χ0v) is 9.60. The highest BCUT2D eigenvalue weighted by atomic mass is 32.2. The van der Waals surface area contributed by atoms with Crippen molar-refractivity contribution >= 4 is 16.7 Å². The molecule has 0 bridgehead atoms. The summed E-state index contributed by atoms with van der Waals surface area (Å²) in [4.78, 5) is 1.29. The SMILES string of the molecule is C=C/C=C(\SCC)c1ccc(C)cc1. The molecule has 0 fully saturated rings. The molecule has 74 valence electrons. The van der Waals surface area contributed by atoms with Gasteiger partial charge in [-0.15, -0.1) is 11.8 Å². The summed E-state index contributed by atoms with van der Waals surface area (Å²) < 4.78 is 0. The van der Waals surface area contributed by atoms with Crippen LogP contribution in [-0.4, -0.2) is 5.75 Å². The minimum Gasteiger partial charge on any atom is -0.126 e. The minimum absolute atomic E-state index is 1.09. The maximum absolute atomic E-state index is 3.74. The van der Waals surface area contributed by atoms with Gasteiger partial charge in [0.05, 0.1) is 0 Å². The van der Waals surface area contributed by atoms with Crippen LogP contribution in [0.4, 0.5) is 0 Å². The van der Waals surface area contributed by atoms with E-state index in [1.54, 1.807) is 0 Å². The lowest BCUT2D eigenvalue weighted by Crippen LogP contribution is -1.81. The first-order chi connectivity index (χ1) is 6.77. The number of aryl methyl sites for hydroxylation is 1. The standard InChI is InChI=1S/C13H16S/c1-4-6-13(14-5-2)12-9-7-11(3)8-10-12/h4,6-10H,1,5H2,2-3H3/b13-6-. The molecule has 0 N–H and O–H groups in total. The molecule has 0 heterocycles. The lowest BCUT2D eigenvalue weighted by Gasteiger charge is -2.05. The Bertz CT molecular complexity index is 320. The average molecular weight is 204 g/mol. The zero-order chi connectivity index (χ0) is 10.4. The Labute approximate surface area is 90.7 Å². The maximum Gasteiger partial charge on any atom is 0.0144 e. The lowest BCUT2D eigenvalue weighted by molar-refractivity contribution is 1.46. The molecule has 14 heavy (non-hydrogen) atoms. The fourth-order valence-corrected chi connectivity index (χ4v) is 2.01. The molecule has 0 aliphatic heterocycles. The van der Waals surface area contributed by atoms with Crippen LogP contribution in [0.15, 0.2) is 43.0 Å². The quantitative estimate of drug-likeness (QED) is 0.660. The van der Waals surface area contributed by atoms with Crippen LogP contribution in [0, 0.1) is 6.92 Å². The number of hydrogen-bond acceptors (Lipinski definition) is 1. The van der Waals surface area contributed by atoms with Crippen molar-refractivity contribution in [2.45, 2.75) is 13.8 Å². The molecule has 0 amide bonds. The van der Waals surface area contributed by atoms with E-state index in [2.05, 4.69) is 50.8 Å². The van der Waals surface area contributed by atoms with Crippen molar-refractivity contribution in [1.29, 1.82) is 0 Å². The third kappa shape index (κ3) is 3.08. The predicted molar refractivity (Wildman–Crippen MR) is 67.5 cm³/mol. The smallest absolute Gasteiger partial charge is 0.0144 e. The van der Waals surface area contributed by atoms with Crippen molar-refractivity contribution in [3.8, 4) is 0 Å². The topological polar surface area (TPSA) is 0 Å². The van der Waals surface area contributed by atoms with Crippen molar-refractivity contribution in [3.63, 3.8) is 0 Å². The Morgan fingerprint density at radius 3 is 2.50 bits per heavy atom. The van der Waals surface area contributed by atoms with Gasteiger partial charge in [-0.3, -0.25) is 0 Å². The van der Waals surface area contributed by atoms with Crippen molar-refractivity contribution in [2.75, 3.05) is 5.75 Å². The molecule has 1 aromatic rings. The van der Waals surface area contributed by atoms with Crippen LogP contribution in [0.2, 0.25) is 0 Å². The fourth-order valence-electron chi connectivity index (χ4n) is 1.21. The van der Waals surface area contributed by atoms with Gasteiger partial charge in [0.15, 0.2) is 0 Å². The molecule has 0 nitrogen and oxygen atoms in total. The molecule has 1 rings (SSSR count). The van der Waals surface area contributed by atoms with E-state index < -0.39 is 0 Å². The summed E-state index contributed by atoms with van der Waals surface area (Å²) in [6, 6.07) is 8.60. The number of thioether (sulfide) groups is 1. The Hall–Kier alpha value is -0.950. The van der Waals surface area contributed by atoms with Crippen molar-refractivity contribution in [1.82, 2.24) is 0 Å². The Balaban J connectivity index is 2.93. The van der Waals surface area contributed by atoms with E-state index in [-0.39, 0.29) is 0 Å². The first-order valence-corrected chi connectivity index (χ1v) is 5.79. The number of allylic oxidation sites excluding steroid dienone is 2. The summed E-state index contributed by atoms with van der Waals surface area (Å²) in [5.41, 5.74) is 2.58. The summed E-state index contributed by atoms with van der Waals surface area (Å²) in [6.45, 7) is 8.00. The minimum atomic E-state index is 1.09. The van der Waals surface area contributed by atoms with Crippen LogP contribution >= 0.6 is 11.8 Å². The second-order valence-electron chi connectivity index (χ2n) is 3.07. The highest BCUT2D eigenvalue weighted by molar-refractivity contribution is 8.08. The van der Waals surface area contributed by atoms with E-state index in [0.29, 0.717) is 0 Å². The van der Waals surface area contributed by atoms with Crippen LogP contribution in [-0.2, 0) is 0 Å². The maximum atomic E-state index is 3.74. The average Bonchev–Trinajstić information content (AvgIpc) is 2.19. The van der Waals surface area contributed by atoms with E-state index in [1.807, 2.05) is 17.8 Å². The first kappa shape index (κ1) is 11.1. The molecule has 0 spiro atoms. The van der Waals surface area contributed by atoms with Crippen molar-refractivity contribution < 1.29 is 0 Å². The zero-order valence-electron chi connectivity index (χ0n) is 8.79. The number of hydrogen-bond donors (Lipinski definition) is 0. The second kappa shape index (κ2) is 5.71. The molecule has 1 aromatic carbocycles. The highest BCUT2D eigenvalue weighted by Crippen LogP contribution is 2.27. The summed E-state index contributed by atoms with van der Waals surface area (Å²) in [5, 5.41) is 0. The van der Waals surface area contributed by atoms with E-state index >= 15 is 0 Å². The third-order valence-corrected chi connectivity index (χ3v) is 2.88. The van der Waals surface area contributed by atoms with E-state index in [0.717, 1.165) is 5.75 Å². The molecule has 0 saturated carbocycles. The third-order valence-electron chi connectivity index (χ3n) is 1.91. The molecule has 0 unspecified atom stereocenters. The molecule has 0 aliphatic rings. The molecule has 0 aromatic heterocycles. The Morgan fingerprint density at radius 2 is 2.00 bits per heavy atom. The molecule has 0 aliphatic carbocycles. The van der Waals surface area contributed by atoms with Gasteiger partial charge in [-0.05, 0) is 24.3 Å². The highest BCUT2D eigenvalue weighted by Gasteiger charge is 1.99. The summed E-state index contributed by atoms with van der Waals surface area (Å²) in [5.74, 6) is 1.09. The summed E-state index contributed by atoms with van der Waals surface area (Å²) in [6.07, 6.45) is 3.91. The molecule has 0 atom stereocenters. The van der Waals surface area contributed by atoms with Gasteiger partial charge >= 0.3 is 0 Å². The molecule has 0 radical (unpaired) electrons. The van der Waals surface area contributed by atoms with Crippen LogP contribution in [0.25, 0.3) is 4.91 Å². The van der Waals surface area contributed by atoms with Crippen molar-refractivity contribution in [2.24, 2.45) is 0 Å². The molecular weight excluding hydrogens is 188 g/mol. The van der Waals surface area contributed by atoms with Gasteiger partial charge in [0, 0.05) is 4.91 Å². The Morgan fingerprint density at radius 1 is 1.36 bits per heavy atom. The van der Waals surface area contributed by atoms with Crippen LogP contribution < -0.4 is 0 Å². The predicted octanol–water partition coefficient (Wildman–Crippen LogP) is 4.28. The van der Waals surface area contributed by atoms with Crippen molar-refractivity contribution in [3.05, 3.63) is 54.1 Å².